The molecule has 2 amide bonds. The fraction of sp³-hybridized carbons (Fsp3) is 0.312. The number of thiazole rings is 1. The molecule has 0 fully saturated rings. The highest BCUT2D eigenvalue weighted by Gasteiger charge is 2.11. The number of aromatic nitrogens is 3. The van der Waals surface area contributed by atoms with Gasteiger partial charge in [0, 0.05) is 31.5 Å². The number of anilines is 1. The van der Waals surface area contributed by atoms with Crippen LogP contribution in [0.5, 0.6) is 5.75 Å². The lowest BCUT2D eigenvalue weighted by atomic mass is 10.2. The van der Waals surface area contributed by atoms with E-state index in [1.165, 1.54) is 0 Å². The molecular formula is C16H19N5O2S. The second kappa shape index (κ2) is 7.31. The third-order valence-corrected chi connectivity index (χ3v) is 4.44. The van der Waals surface area contributed by atoms with Crippen molar-refractivity contribution in [2.45, 2.75) is 19.9 Å². The van der Waals surface area contributed by atoms with Crippen LogP contribution in [0.3, 0.4) is 0 Å². The van der Waals surface area contributed by atoms with Crippen molar-refractivity contribution < 1.29 is 9.53 Å². The van der Waals surface area contributed by atoms with E-state index in [9.17, 15) is 4.79 Å². The molecule has 24 heavy (non-hydrogen) atoms. The maximum Gasteiger partial charge on any atom is 0.319 e. The second-order valence-corrected chi connectivity index (χ2v) is 6.52. The fourth-order valence-corrected chi connectivity index (χ4v) is 3.23. The number of hydrogen-bond donors (Lipinski definition) is 2. The number of methoxy groups -OCH3 is 1. The largest absolute Gasteiger partial charge is 0.494 e. The molecule has 7 nitrogen and oxygen atoms in total. The maximum absolute atomic E-state index is 12.1. The lowest BCUT2D eigenvalue weighted by molar-refractivity contribution is 0.251. The van der Waals surface area contributed by atoms with E-state index in [1.54, 1.807) is 31.0 Å². The zero-order valence-corrected chi connectivity index (χ0v) is 14.4. The van der Waals surface area contributed by atoms with Gasteiger partial charge in [0.1, 0.15) is 5.75 Å². The number of urea groups is 1. The molecular weight excluding hydrogens is 326 g/mol. The average molecular weight is 345 g/mol. The van der Waals surface area contributed by atoms with Crippen LogP contribution < -0.4 is 15.4 Å². The molecule has 3 rings (SSSR count). The molecule has 0 aliphatic carbocycles. The summed E-state index contributed by atoms with van der Waals surface area (Å²) in [4.78, 5) is 20.5. The van der Waals surface area contributed by atoms with E-state index in [0.717, 1.165) is 28.2 Å². The van der Waals surface area contributed by atoms with Crippen LogP contribution in [-0.2, 0) is 6.54 Å². The van der Waals surface area contributed by atoms with Crippen LogP contribution in [0.2, 0.25) is 0 Å². The van der Waals surface area contributed by atoms with E-state index in [-0.39, 0.29) is 6.03 Å². The lowest BCUT2D eigenvalue weighted by Crippen LogP contribution is -2.30. The number of ether oxygens (including phenoxy) is 1. The van der Waals surface area contributed by atoms with Gasteiger partial charge in [-0.3, -0.25) is 0 Å². The van der Waals surface area contributed by atoms with E-state index in [2.05, 4.69) is 20.6 Å². The number of amides is 2. The van der Waals surface area contributed by atoms with Crippen molar-refractivity contribution in [1.29, 1.82) is 0 Å². The van der Waals surface area contributed by atoms with Gasteiger partial charge in [0.05, 0.1) is 34.3 Å². The van der Waals surface area contributed by atoms with E-state index < -0.39 is 0 Å². The van der Waals surface area contributed by atoms with Gasteiger partial charge >= 0.3 is 6.03 Å². The molecule has 126 valence electrons. The molecule has 1 aromatic carbocycles. The average Bonchev–Trinajstić information content (AvgIpc) is 3.19. The normalized spacial score (nSPS) is 10.8. The Morgan fingerprint density at radius 2 is 2.29 bits per heavy atom. The molecule has 2 heterocycles. The van der Waals surface area contributed by atoms with Crippen LogP contribution >= 0.6 is 11.3 Å². The molecule has 0 aliphatic heterocycles. The van der Waals surface area contributed by atoms with Gasteiger partial charge in [0.25, 0.3) is 0 Å². The Bertz CT molecular complexity index is 828. The number of benzene rings is 1. The standard InChI is InChI=1S/C16H19N5O2S/c1-11-19-13-8-14(23-2)12(9-15(13)24-11)20-16(22)18-4-3-6-21-7-5-17-10-21/h5,7-10H,3-4,6H2,1-2H3,(H2,18,20,22). The SMILES string of the molecule is COc1cc2nc(C)sc2cc1NC(=O)NCCCn1ccnc1. The zero-order valence-electron chi connectivity index (χ0n) is 13.6. The number of nitrogens with one attached hydrogen (secondary N) is 2. The zero-order chi connectivity index (χ0) is 16.9. The van der Waals surface area contributed by atoms with Gasteiger partial charge in [-0.05, 0) is 19.4 Å². The Morgan fingerprint density at radius 1 is 1.42 bits per heavy atom. The highest BCUT2D eigenvalue weighted by molar-refractivity contribution is 7.18. The minimum absolute atomic E-state index is 0.250. The molecule has 0 radical (unpaired) electrons. The van der Waals surface area contributed by atoms with Crippen LogP contribution in [0.15, 0.2) is 30.9 Å². The topological polar surface area (TPSA) is 81.1 Å². The Hall–Kier alpha value is -2.61. The first kappa shape index (κ1) is 16.3. The van der Waals surface area contributed by atoms with Gasteiger partial charge in [-0.2, -0.15) is 0 Å². The first-order valence-electron chi connectivity index (χ1n) is 7.61. The molecule has 0 unspecified atom stereocenters. The van der Waals surface area contributed by atoms with Crippen molar-refractivity contribution in [3.63, 3.8) is 0 Å². The molecule has 2 aromatic heterocycles. The molecule has 0 saturated heterocycles. The van der Waals surface area contributed by atoms with E-state index in [0.29, 0.717) is 18.0 Å². The predicted octanol–water partition coefficient (Wildman–Crippen LogP) is 3.02. The lowest BCUT2D eigenvalue weighted by Gasteiger charge is -2.11. The van der Waals surface area contributed by atoms with E-state index in [1.807, 2.05) is 29.8 Å². The Morgan fingerprint density at radius 3 is 3.04 bits per heavy atom. The van der Waals surface area contributed by atoms with Crippen LogP contribution in [0, 0.1) is 6.92 Å². The summed E-state index contributed by atoms with van der Waals surface area (Å²) in [6.07, 6.45) is 6.23. The van der Waals surface area contributed by atoms with Crippen molar-refractivity contribution in [2.75, 3.05) is 19.0 Å². The third-order valence-electron chi connectivity index (χ3n) is 3.50. The van der Waals surface area contributed by atoms with Crippen molar-refractivity contribution >= 4 is 33.3 Å². The van der Waals surface area contributed by atoms with Crippen LogP contribution in [0.4, 0.5) is 10.5 Å². The molecule has 0 atom stereocenters. The Balaban J connectivity index is 1.57. The fourth-order valence-electron chi connectivity index (χ4n) is 2.39. The molecule has 0 spiro atoms. The Labute approximate surface area is 143 Å². The van der Waals surface area contributed by atoms with Crippen molar-refractivity contribution in [1.82, 2.24) is 19.9 Å². The summed E-state index contributed by atoms with van der Waals surface area (Å²) in [7, 11) is 1.58. The first-order valence-corrected chi connectivity index (χ1v) is 8.43. The van der Waals surface area contributed by atoms with Crippen molar-refractivity contribution in [3.8, 4) is 5.75 Å². The van der Waals surface area contributed by atoms with E-state index in [4.69, 9.17) is 4.74 Å². The summed E-state index contributed by atoms with van der Waals surface area (Å²) in [5.74, 6) is 0.598. The minimum Gasteiger partial charge on any atom is -0.494 e. The molecule has 0 saturated carbocycles. The molecule has 2 N–H and O–H groups in total. The molecule has 0 bridgehead atoms. The van der Waals surface area contributed by atoms with Gasteiger partial charge < -0.3 is 19.9 Å². The first-order chi connectivity index (χ1) is 11.7. The highest BCUT2D eigenvalue weighted by atomic mass is 32.1. The summed E-state index contributed by atoms with van der Waals surface area (Å²) in [5, 5.41) is 6.67. The highest BCUT2D eigenvalue weighted by Crippen LogP contribution is 2.32. The summed E-state index contributed by atoms with van der Waals surface area (Å²) in [6.45, 7) is 3.35. The number of carbonyl (C=O) groups excluding carboxylic acids is 1. The summed E-state index contributed by atoms with van der Waals surface area (Å²) < 4.78 is 8.34. The number of rotatable bonds is 6. The second-order valence-electron chi connectivity index (χ2n) is 5.29. The predicted molar refractivity (Wildman–Crippen MR) is 94.8 cm³/mol. The van der Waals surface area contributed by atoms with Crippen molar-refractivity contribution in [2.24, 2.45) is 0 Å². The summed E-state index contributed by atoms with van der Waals surface area (Å²) in [6, 6.07) is 3.48. The van der Waals surface area contributed by atoms with Crippen LogP contribution in [0.1, 0.15) is 11.4 Å². The van der Waals surface area contributed by atoms with Gasteiger partial charge in [0.2, 0.25) is 0 Å². The van der Waals surface area contributed by atoms with Gasteiger partial charge in [0.15, 0.2) is 0 Å². The smallest absolute Gasteiger partial charge is 0.319 e. The van der Waals surface area contributed by atoms with Gasteiger partial charge in [-0.25, -0.2) is 14.8 Å². The van der Waals surface area contributed by atoms with Gasteiger partial charge in [-0.1, -0.05) is 0 Å². The molecule has 0 aliphatic rings. The summed E-state index contributed by atoms with van der Waals surface area (Å²) >= 11 is 1.59. The number of hydrogen-bond acceptors (Lipinski definition) is 5. The molecule has 3 aromatic rings. The third kappa shape index (κ3) is 3.83. The minimum atomic E-state index is -0.250. The number of fused-ring (bicyclic) bond motifs is 1. The number of imidazole rings is 1. The maximum atomic E-state index is 12.1. The quantitative estimate of drug-likeness (QED) is 0.673. The number of aryl methyl sites for hydroxylation is 2. The summed E-state index contributed by atoms with van der Waals surface area (Å²) in [5.41, 5.74) is 1.52. The van der Waals surface area contributed by atoms with Crippen molar-refractivity contribution in [3.05, 3.63) is 35.9 Å². The Kier molecular flexibility index (Phi) is 4.95. The number of nitrogens with zero attached hydrogens (tertiary/aromatic N) is 3. The van der Waals surface area contributed by atoms with E-state index >= 15 is 0 Å². The van der Waals surface area contributed by atoms with Crippen LogP contribution in [-0.4, -0.2) is 34.2 Å². The number of carbonyl (C=O) groups is 1. The molecule has 8 heteroatoms. The van der Waals surface area contributed by atoms with Crippen LogP contribution in [0.25, 0.3) is 10.2 Å². The van der Waals surface area contributed by atoms with Gasteiger partial charge in [-0.15, -0.1) is 11.3 Å². The monoisotopic (exact) mass is 345 g/mol.